The van der Waals surface area contributed by atoms with Gasteiger partial charge in [-0.15, -0.1) is 0 Å². The molecule has 0 aliphatic carbocycles. The Hall–Kier alpha value is -1.88. The van der Waals surface area contributed by atoms with Crippen LogP contribution in [0.25, 0.3) is 0 Å². The SMILES string of the molecule is O=C(O)[C@@H]1Cc2ccccc2N1C(=O)C1CCCCO1. The number of carbonyl (C=O) groups is 2. The highest BCUT2D eigenvalue weighted by Crippen LogP contribution is 2.33. The van der Waals surface area contributed by atoms with Gasteiger partial charge in [-0.25, -0.2) is 4.79 Å². The van der Waals surface area contributed by atoms with Crippen LogP contribution in [0.5, 0.6) is 0 Å². The molecule has 2 aliphatic heterocycles. The standard InChI is InChI=1S/C15H17NO4/c17-14(13-7-3-4-8-20-13)16-11-6-2-1-5-10(11)9-12(16)15(18)19/h1-2,5-6,12-13H,3-4,7-9H2,(H,18,19)/t12-,13?/m0/s1. The van der Waals surface area contributed by atoms with E-state index in [0.717, 1.165) is 18.4 Å². The minimum Gasteiger partial charge on any atom is -0.480 e. The Kier molecular flexibility index (Phi) is 3.44. The third kappa shape index (κ3) is 2.18. The lowest BCUT2D eigenvalue weighted by Crippen LogP contribution is -2.48. The molecule has 1 aromatic rings. The first-order valence-corrected chi connectivity index (χ1v) is 6.94. The molecule has 106 valence electrons. The first-order chi connectivity index (χ1) is 9.68. The highest BCUT2D eigenvalue weighted by atomic mass is 16.5. The highest BCUT2D eigenvalue weighted by molar-refractivity contribution is 6.04. The lowest BCUT2D eigenvalue weighted by Gasteiger charge is -2.29. The molecule has 5 heteroatoms. The fraction of sp³-hybridized carbons (Fsp3) is 0.467. The van der Waals surface area contributed by atoms with Crippen molar-refractivity contribution < 1.29 is 19.4 Å². The van der Waals surface area contributed by atoms with Crippen LogP contribution in [0.3, 0.4) is 0 Å². The van der Waals surface area contributed by atoms with Crippen LogP contribution >= 0.6 is 0 Å². The fourth-order valence-corrected chi connectivity index (χ4v) is 2.95. The molecule has 1 saturated heterocycles. The van der Waals surface area contributed by atoms with Crippen LogP contribution < -0.4 is 4.90 Å². The van der Waals surface area contributed by atoms with Gasteiger partial charge in [-0.3, -0.25) is 9.69 Å². The highest BCUT2D eigenvalue weighted by Gasteiger charge is 2.41. The van der Waals surface area contributed by atoms with Crippen molar-refractivity contribution in [3.63, 3.8) is 0 Å². The number of hydrogen-bond donors (Lipinski definition) is 1. The number of ether oxygens (including phenoxy) is 1. The molecule has 0 bridgehead atoms. The number of para-hydroxylation sites is 1. The summed E-state index contributed by atoms with van der Waals surface area (Å²) in [4.78, 5) is 25.5. The van der Waals surface area contributed by atoms with E-state index in [1.54, 1.807) is 6.07 Å². The van der Waals surface area contributed by atoms with Crippen molar-refractivity contribution in [2.45, 2.75) is 37.8 Å². The van der Waals surface area contributed by atoms with E-state index in [4.69, 9.17) is 4.74 Å². The van der Waals surface area contributed by atoms with Gasteiger partial charge in [-0.2, -0.15) is 0 Å². The van der Waals surface area contributed by atoms with Crippen molar-refractivity contribution in [1.82, 2.24) is 0 Å². The van der Waals surface area contributed by atoms with Crippen LogP contribution in [0.1, 0.15) is 24.8 Å². The normalized spacial score (nSPS) is 25.3. The molecule has 0 spiro atoms. The zero-order valence-corrected chi connectivity index (χ0v) is 11.1. The topological polar surface area (TPSA) is 66.8 Å². The summed E-state index contributed by atoms with van der Waals surface area (Å²) in [6.07, 6.45) is 2.44. The van der Waals surface area contributed by atoms with Crippen LogP contribution in [-0.2, 0) is 20.7 Å². The van der Waals surface area contributed by atoms with Crippen molar-refractivity contribution in [2.75, 3.05) is 11.5 Å². The molecule has 1 aromatic carbocycles. The van der Waals surface area contributed by atoms with Gasteiger partial charge in [-0.05, 0) is 30.9 Å². The van der Waals surface area contributed by atoms with Crippen molar-refractivity contribution in [3.05, 3.63) is 29.8 Å². The molecule has 1 N–H and O–H groups in total. The van der Waals surface area contributed by atoms with Gasteiger partial charge in [0.2, 0.25) is 0 Å². The lowest BCUT2D eigenvalue weighted by atomic mass is 10.1. The maximum absolute atomic E-state index is 12.6. The van der Waals surface area contributed by atoms with E-state index < -0.39 is 18.1 Å². The molecule has 2 aliphatic rings. The summed E-state index contributed by atoms with van der Waals surface area (Å²) in [5.74, 6) is -1.19. The van der Waals surface area contributed by atoms with Crippen LogP contribution in [-0.4, -0.2) is 35.7 Å². The quantitative estimate of drug-likeness (QED) is 0.890. The van der Waals surface area contributed by atoms with Crippen LogP contribution in [0.15, 0.2) is 24.3 Å². The average Bonchev–Trinajstić information content (AvgIpc) is 2.87. The zero-order chi connectivity index (χ0) is 14.1. The van der Waals surface area contributed by atoms with E-state index in [9.17, 15) is 14.7 Å². The van der Waals surface area contributed by atoms with E-state index in [1.807, 2.05) is 18.2 Å². The minimum atomic E-state index is -0.967. The molecular formula is C15H17NO4. The fourth-order valence-electron chi connectivity index (χ4n) is 2.95. The summed E-state index contributed by atoms with van der Waals surface area (Å²) in [5, 5.41) is 9.37. The molecule has 0 aromatic heterocycles. The van der Waals surface area contributed by atoms with Gasteiger partial charge in [0, 0.05) is 18.7 Å². The van der Waals surface area contributed by atoms with Gasteiger partial charge in [0.1, 0.15) is 12.1 Å². The molecule has 20 heavy (non-hydrogen) atoms. The molecule has 1 amide bonds. The van der Waals surface area contributed by atoms with Crippen molar-refractivity contribution in [2.24, 2.45) is 0 Å². The van der Waals surface area contributed by atoms with E-state index in [-0.39, 0.29) is 5.91 Å². The Morgan fingerprint density at radius 3 is 2.75 bits per heavy atom. The van der Waals surface area contributed by atoms with Gasteiger partial charge in [-0.1, -0.05) is 18.2 Å². The average molecular weight is 275 g/mol. The summed E-state index contributed by atoms with van der Waals surface area (Å²) < 4.78 is 5.51. The Labute approximate surface area is 117 Å². The molecule has 3 rings (SSSR count). The first kappa shape index (κ1) is 13.1. The van der Waals surface area contributed by atoms with Crippen LogP contribution in [0.2, 0.25) is 0 Å². The maximum atomic E-state index is 12.6. The number of carboxylic acid groups (broad SMARTS) is 1. The van der Waals surface area contributed by atoms with E-state index in [1.165, 1.54) is 4.90 Å². The second-order valence-corrected chi connectivity index (χ2v) is 5.25. The van der Waals surface area contributed by atoms with Crippen LogP contribution in [0.4, 0.5) is 5.69 Å². The Morgan fingerprint density at radius 1 is 1.25 bits per heavy atom. The predicted octanol–water partition coefficient (Wildman–Crippen LogP) is 1.60. The Balaban J connectivity index is 1.91. The summed E-state index contributed by atoms with van der Waals surface area (Å²) in [7, 11) is 0. The molecular weight excluding hydrogens is 258 g/mol. The second kappa shape index (κ2) is 5.25. The first-order valence-electron chi connectivity index (χ1n) is 6.94. The number of amides is 1. The van der Waals surface area contributed by atoms with Crippen molar-refractivity contribution in [1.29, 1.82) is 0 Å². The Bertz CT molecular complexity index is 536. The maximum Gasteiger partial charge on any atom is 0.327 e. The van der Waals surface area contributed by atoms with Gasteiger partial charge >= 0.3 is 5.97 Å². The smallest absolute Gasteiger partial charge is 0.327 e. The number of anilines is 1. The molecule has 2 heterocycles. The largest absolute Gasteiger partial charge is 0.480 e. The van der Waals surface area contributed by atoms with Gasteiger partial charge in [0.25, 0.3) is 5.91 Å². The third-order valence-corrected chi connectivity index (χ3v) is 3.95. The van der Waals surface area contributed by atoms with Gasteiger partial charge in [0.05, 0.1) is 0 Å². The van der Waals surface area contributed by atoms with E-state index >= 15 is 0 Å². The zero-order valence-electron chi connectivity index (χ0n) is 11.1. The third-order valence-electron chi connectivity index (χ3n) is 3.95. The molecule has 5 nitrogen and oxygen atoms in total. The summed E-state index contributed by atoms with van der Waals surface area (Å²) >= 11 is 0. The van der Waals surface area contributed by atoms with E-state index in [0.29, 0.717) is 25.1 Å². The number of carbonyl (C=O) groups excluding carboxylic acids is 1. The summed E-state index contributed by atoms with van der Waals surface area (Å²) in [6.45, 7) is 0.573. The number of hydrogen-bond acceptors (Lipinski definition) is 3. The summed E-state index contributed by atoms with van der Waals surface area (Å²) in [6, 6.07) is 6.55. The van der Waals surface area contributed by atoms with Gasteiger partial charge < -0.3 is 9.84 Å². The second-order valence-electron chi connectivity index (χ2n) is 5.25. The number of benzene rings is 1. The van der Waals surface area contributed by atoms with Crippen LogP contribution in [0, 0.1) is 0 Å². The van der Waals surface area contributed by atoms with Gasteiger partial charge in [0.15, 0.2) is 0 Å². The molecule has 0 saturated carbocycles. The van der Waals surface area contributed by atoms with Crippen molar-refractivity contribution in [3.8, 4) is 0 Å². The number of rotatable bonds is 2. The monoisotopic (exact) mass is 275 g/mol. The number of nitrogens with zero attached hydrogens (tertiary/aromatic N) is 1. The Morgan fingerprint density at radius 2 is 2.05 bits per heavy atom. The molecule has 1 unspecified atom stereocenters. The molecule has 2 atom stereocenters. The molecule has 1 fully saturated rings. The number of fused-ring (bicyclic) bond motifs is 1. The molecule has 0 radical (unpaired) electrons. The minimum absolute atomic E-state index is 0.220. The lowest BCUT2D eigenvalue weighted by molar-refractivity contribution is -0.142. The predicted molar refractivity (Wildman–Crippen MR) is 72.6 cm³/mol. The number of aliphatic carboxylic acids is 1. The summed E-state index contributed by atoms with van der Waals surface area (Å²) in [5.41, 5.74) is 1.61. The number of carboxylic acids is 1. The van der Waals surface area contributed by atoms with E-state index in [2.05, 4.69) is 0 Å². The van der Waals surface area contributed by atoms with Crippen molar-refractivity contribution >= 4 is 17.6 Å².